The molecule has 3 nitrogen and oxygen atoms in total. The van der Waals surface area contributed by atoms with E-state index in [0.717, 1.165) is 5.69 Å². The summed E-state index contributed by atoms with van der Waals surface area (Å²) in [5.74, 6) is 0.122. The monoisotopic (exact) mass is 288 g/mol. The lowest BCUT2D eigenvalue weighted by atomic mass is 10.2. The zero-order valence-electron chi connectivity index (χ0n) is 11.9. The third-order valence-electron chi connectivity index (χ3n) is 3.07. The largest absolute Gasteiger partial charge is 0.376 e. The van der Waals surface area contributed by atoms with Crippen LogP contribution in [0.15, 0.2) is 47.8 Å². The first-order valence-electron chi connectivity index (χ1n) is 6.77. The topological polar surface area (TPSA) is 32.3 Å². The molecule has 1 aromatic carbocycles. The number of amides is 1. The molecule has 0 fully saturated rings. The lowest BCUT2D eigenvalue weighted by molar-refractivity contribution is -0.131. The fourth-order valence-corrected chi connectivity index (χ4v) is 2.67. The van der Waals surface area contributed by atoms with Crippen molar-refractivity contribution in [2.24, 2.45) is 0 Å². The highest BCUT2D eigenvalue weighted by atomic mass is 32.1. The quantitative estimate of drug-likeness (QED) is 0.881. The van der Waals surface area contributed by atoms with Gasteiger partial charge in [-0.05, 0) is 37.4 Å². The first kappa shape index (κ1) is 14.6. The third kappa shape index (κ3) is 4.10. The van der Waals surface area contributed by atoms with Crippen LogP contribution in [0.4, 0.5) is 5.69 Å². The number of carbonyl (C=O) groups excluding carboxylic acids is 1. The summed E-state index contributed by atoms with van der Waals surface area (Å²) in [5, 5.41) is 5.21. The molecule has 0 atom stereocenters. The van der Waals surface area contributed by atoms with Crippen LogP contribution in [0.25, 0.3) is 0 Å². The fourth-order valence-electron chi connectivity index (χ4n) is 1.96. The molecule has 0 unspecified atom stereocenters. The van der Waals surface area contributed by atoms with E-state index in [-0.39, 0.29) is 11.9 Å². The number of hydrogen-bond donors (Lipinski definition) is 1. The molecule has 0 aliphatic heterocycles. The molecule has 4 heteroatoms. The van der Waals surface area contributed by atoms with E-state index in [1.54, 1.807) is 11.3 Å². The van der Waals surface area contributed by atoms with Crippen LogP contribution < -0.4 is 5.32 Å². The van der Waals surface area contributed by atoms with Gasteiger partial charge in [-0.3, -0.25) is 4.79 Å². The van der Waals surface area contributed by atoms with E-state index in [4.69, 9.17) is 0 Å². The van der Waals surface area contributed by atoms with Crippen LogP contribution in [-0.4, -0.2) is 23.4 Å². The second-order valence-corrected chi connectivity index (χ2v) is 5.95. The number of benzene rings is 1. The maximum atomic E-state index is 12.4. The van der Waals surface area contributed by atoms with Crippen LogP contribution in [0.3, 0.4) is 0 Å². The lowest BCUT2D eigenvalue weighted by Gasteiger charge is -2.26. The normalized spacial score (nSPS) is 10.6. The fraction of sp³-hybridized carbons (Fsp3) is 0.312. The van der Waals surface area contributed by atoms with Crippen LogP contribution in [0.2, 0.25) is 0 Å². The summed E-state index contributed by atoms with van der Waals surface area (Å²) in [6.07, 6.45) is 0. The summed E-state index contributed by atoms with van der Waals surface area (Å²) >= 11 is 1.69. The van der Waals surface area contributed by atoms with Crippen molar-refractivity contribution in [2.75, 3.05) is 11.9 Å². The van der Waals surface area contributed by atoms with Gasteiger partial charge in [0.25, 0.3) is 0 Å². The van der Waals surface area contributed by atoms with Crippen LogP contribution in [0.1, 0.15) is 18.7 Å². The minimum Gasteiger partial charge on any atom is -0.376 e. The van der Waals surface area contributed by atoms with Gasteiger partial charge >= 0.3 is 0 Å². The highest BCUT2D eigenvalue weighted by molar-refractivity contribution is 7.09. The van der Waals surface area contributed by atoms with Crippen LogP contribution in [0.5, 0.6) is 0 Å². The summed E-state index contributed by atoms with van der Waals surface area (Å²) in [4.78, 5) is 15.5. The zero-order valence-corrected chi connectivity index (χ0v) is 12.7. The summed E-state index contributed by atoms with van der Waals surface area (Å²) < 4.78 is 0. The van der Waals surface area contributed by atoms with Crippen LogP contribution in [0, 0.1) is 0 Å². The van der Waals surface area contributed by atoms with Crippen molar-refractivity contribution in [1.29, 1.82) is 0 Å². The molecule has 1 amide bonds. The lowest BCUT2D eigenvalue weighted by Crippen LogP contribution is -2.39. The van der Waals surface area contributed by atoms with E-state index in [1.807, 2.05) is 60.5 Å². The van der Waals surface area contributed by atoms with Gasteiger partial charge in [0.15, 0.2) is 0 Å². The zero-order chi connectivity index (χ0) is 14.4. The van der Waals surface area contributed by atoms with E-state index in [1.165, 1.54) is 4.88 Å². The van der Waals surface area contributed by atoms with E-state index in [2.05, 4.69) is 11.4 Å². The molecule has 0 saturated carbocycles. The Labute approximate surface area is 124 Å². The molecule has 0 radical (unpaired) electrons. The number of thiophene rings is 1. The molecule has 0 aliphatic rings. The maximum Gasteiger partial charge on any atom is 0.242 e. The molecule has 1 N–H and O–H groups in total. The minimum atomic E-state index is 0.122. The van der Waals surface area contributed by atoms with Gasteiger partial charge in [-0.1, -0.05) is 24.3 Å². The number of anilines is 1. The van der Waals surface area contributed by atoms with Gasteiger partial charge < -0.3 is 10.2 Å². The van der Waals surface area contributed by atoms with Gasteiger partial charge in [0.2, 0.25) is 5.91 Å². The van der Waals surface area contributed by atoms with E-state index in [0.29, 0.717) is 13.1 Å². The molecule has 0 aliphatic carbocycles. The Morgan fingerprint density at radius 3 is 2.55 bits per heavy atom. The molecule has 1 aromatic heterocycles. The summed E-state index contributed by atoms with van der Waals surface area (Å²) in [6, 6.07) is 14.1. The summed E-state index contributed by atoms with van der Waals surface area (Å²) in [6.45, 7) is 5.11. The minimum absolute atomic E-state index is 0.122. The summed E-state index contributed by atoms with van der Waals surface area (Å²) in [5.41, 5.74) is 0.973. The number of para-hydroxylation sites is 1. The van der Waals surface area contributed by atoms with Crippen molar-refractivity contribution in [3.05, 3.63) is 52.7 Å². The Morgan fingerprint density at radius 2 is 1.95 bits per heavy atom. The maximum absolute atomic E-state index is 12.4. The van der Waals surface area contributed by atoms with Gasteiger partial charge in [-0.25, -0.2) is 0 Å². The second-order valence-electron chi connectivity index (χ2n) is 4.91. The Balaban J connectivity index is 1.93. The summed E-state index contributed by atoms with van der Waals surface area (Å²) in [7, 11) is 0. The van der Waals surface area contributed by atoms with Crippen molar-refractivity contribution < 1.29 is 4.79 Å². The Morgan fingerprint density at radius 1 is 1.20 bits per heavy atom. The average Bonchev–Trinajstić information content (AvgIpc) is 2.96. The highest BCUT2D eigenvalue weighted by Crippen LogP contribution is 2.14. The molecular weight excluding hydrogens is 268 g/mol. The highest BCUT2D eigenvalue weighted by Gasteiger charge is 2.17. The first-order chi connectivity index (χ1) is 9.66. The molecule has 0 bridgehead atoms. The number of carbonyl (C=O) groups is 1. The molecule has 1 heterocycles. The molecule has 2 rings (SSSR count). The average molecular weight is 288 g/mol. The van der Waals surface area contributed by atoms with Crippen molar-refractivity contribution in [3.8, 4) is 0 Å². The van der Waals surface area contributed by atoms with Crippen molar-refractivity contribution in [2.45, 2.75) is 26.4 Å². The van der Waals surface area contributed by atoms with Crippen molar-refractivity contribution in [3.63, 3.8) is 0 Å². The number of nitrogens with zero attached hydrogens (tertiary/aromatic N) is 1. The van der Waals surface area contributed by atoms with Crippen LogP contribution in [-0.2, 0) is 11.3 Å². The van der Waals surface area contributed by atoms with Gasteiger partial charge in [0.05, 0.1) is 13.1 Å². The van der Waals surface area contributed by atoms with Gasteiger partial charge in [0, 0.05) is 16.6 Å². The first-order valence-corrected chi connectivity index (χ1v) is 7.65. The van der Waals surface area contributed by atoms with E-state index < -0.39 is 0 Å². The second kappa shape index (κ2) is 7.10. The van der Waals surface area contributed by atoms with E-state index >= 15 is 0 Å². The van der Waals surface area contributed by atoms with Crippen molar-refractivity contribution in [1.82, 2.24) is 4.90 Å². The Kier molecular flexibility index (Phi) is 5.18. The molecule has 20 heavy (non-hydrogen) atoms. The predicted molar refractivity (Wildman–Crippen MR) is 84.9 cm³/mol. The van der Waals surface area contributed by atoms with E-state index in [9.17, 15) is 4.79 Å². The number of rotatable bonds is 6. The predicted octanol–water partition coefficient (Wildman–Crippen LogP) is 3.60. The molecule has 2 aromatic rings. The SMILES string of the molecule is CC(C)N(Cc1cccs1)C(=O)CNc1ccccc1. The van der Waals surface area contributed by atoms with Gasteiger partial charge in [0.1, 0.15) is 0 Å². The smallest absolute Gasteiger partial charge is 0.242 e. The molecular formula is C16H20N2OS. The van der Waals surface area contributed by atoms with Crippen LogP contribution >= 0.6 is 11.3 Å². The van der Waals surface area contributed by atoms with Gasteiger partial charge in [-0.2, -0.15) is 0 Å². The standard InChI is InChI=1S/C16H20N2OS/c1-13(2)18(12-15-9-6-10-20-15)16(19)11-17-14-7-4-3-5-8-14/h3-10,13,17H,11-12H2,1-2H3. The molecule has 0 saturated heterocycles. The van der Waals surface area contributed by atoms with Gasteiger partial charge in [-0.15, -0.1) is 11.3 Å². The molecule has 106 valence electrons. The molecule has 0 spiro atoms. The number of nitrogens with one attached hydrogen (secondary N) is 1. The third-order valence-corrected chi connectivity index (χ3v) is 3.93. The van der Waals surface area contributed by atoms with Crippen molar-refractivity contribution >= 4 is 22.9 Å². The number of hydrogen-bond acceptors (Lipinski definition) is 3. The Hall–Kier alpha value is -1.81. The Bertz CT molecular complexity index is 523.